The Morgan fingerprint density at radius 1 is 1.22 bits per heavy atom. The number of hydrogen-bond donors (Lipinski definition) is 2. The van der Waals surface area contributed by atoms with Gasteiger partial charge in [-0.1, -0.05) is 17.6 Å². The van der Waals surface area contributed by atoms with Gasteiger partial charge in [0.1, 0.15) is 11.5 Å². The monoisotopic (exact) mass is 318 g/mol. The first-order chi connectivity index (χ1) is 11.0. The number of benzene rings is 1. The molecule has 0 saturated heterocycles. The molecule has 0 aliphatic heterocycles. The van der Waals surface area contributed by atoms with Crippen molar-refractivity contribution in [3.05, 3.63) is 62.4 Å². The number of furan rings is 1. The van der Waals surface area contributed by atoms with Crippen LogP contribution in [0.2, 0.25) is 0 Å². The van der Waals surface area contributed by atoms with Gasteiger partial charge in [0.05, 0.1) is 16.7 Å². The lowest BCUT2D eigenvalue weighted by atomic mass is 10.1. The van der Waals surface area contributed by atoms with Gasteiger partial charge < -0.3 is 10.2 Å². The van der Waals surface area contributed by atoms with Gasteiger partial charge in [-0.15, -0.1) is 5.10 Å². The quantitative estimate of drug-likeness (QED) is 0.363. The third-order valence-corrected chi connectivity index (χ3v) is 2.55. The van der Waals surface area contributed by atoms with Gasteiger partial charge in [-0.3, -0.25) is 10.1 Å². The Morgan fingerprint density at radius 3 is 2.65 bits per heavy atom. The number of hydrazine groups is 1. The molecule has 0 amide bonds. The van der Waals surface area contributed by atoms with Crippen LogP contribution < -0.4 is 11.2 Å². The molecule has 0 fully saturated rings. The van der Waals surface area contributed by atoms with Gasteiger partial charge >= 0.3 is 0 Å². The van der Waals surface area contributed by atoms with Crippen LogP contribution in [-0.4, -0.2) is 22.1 Å². The standard InChI is InChI=1S/C12H10N6O5/c13-12(16-18(21)22)15-14-7-8-5-6-11(23-8)9-3-1-2-4-10(9)17(19)20/h1-7H,(H3,13,15,16)/b14-7+. The molecule has 1 heterocycles. The molecular weight excluding hydrogens is 308 g/mol. The SMILES string of the molecule is NC(=N/N=C/c1ccc(-c2ccccc2[N+](=O)[O-])o1)N[N+](=O)[O-]. The van der Waals surface area contributed by atoms with E-state index in [9.17, 15) is 20.2 Å². The maximum absolute atomic E-state index is 11.0. The van der Waals surface area contributed by atoms with E-state index in [4.69, 9.17) is 10.2 Å². The predicted molar refractivity (Wildman–Crippen MR) is 80.1 cm³/mol. The summed E-state index contributed by atoms with van der Waals surface area (Å²) in [4.78, 5) is 20.6. The summed E-state index contributed by atoms with van der Waals surface area (Å²) in [6.07, 6.45) is 1.16. The second-order valence-corrected chi connectivity index (χ2v) is 4.07. The Balaban J connectivity index is 2.19. The first-order valence-corrected chi connectivity index (χ1v) is 6.08. The summed E-state index contributed by atoms with van der Waals surface area (Å²) in [5.74, 6) is 0.0200. The number of rotatable bonds is 5. The molecule has 0 bridgehead atoms. The minimum Gasteiger partial charge on any atom is -0.455 e. The van der Waals surface area contributed by atoms with Crippen molar-refractivity contribution in [2.75, 3.05) is 0 Å². The average molecular weight is 318 g/mol. The van der Waals surface area contributed by atoms with E-state index in [1.54, 1.807) is 23.6 Å². The Kier molecular flexibility index (Phi) is 4.62. The smallest absolute Gasteiger partial charge is 0.280 e. The van der Waals surface area contributed by atoms with Crippen molar-refractivity contribution in [2.24, 2.45) is 15.9 Å². The van der Waals surface area contributed by atoms with Crippen LogP contribution in [0.15, 0.2) is 51.0 Å². The molecular formula is C12H10N6O5. The van der Waals surface area contributed by atoms with Gasteiger partial charge in [0.15, 0.2) is 5.03 Å². The summed E-state index contributed by atoms with van der Waals surface area (Å²) < 4.78 is 5.41. The number of para-hydroxylation sites is 1. The summed E-state index contributed by atoms with van der Waals surface area (Å²) in [7, 11) is 0. The number of nitrogens with one attached hydrogen (secondary N) is 1. The fraction of sp³-hybridized carbons (Fsp3) is 0. The van der Waals surface area contributed by atoms with Crippen molar-refractivity contribution < 1.29 is 14.4 Å². The molecule has 0 aliphatic carbocycles. The van der Waals surface area contributed by atoms with Crippen LogP contribution in [0.5, 0.6) is 0 Å². The van der Waals surface area contributed by atoms with E-state index in [2.05, 4.69) is 10.2 Å². The Bertz CT molecular complexity index is 797. The van der Waals surface area contributed by atoms with E-state index in [-0.39, 0.29) is 17.2 Å². The van der Waals surface area contributed by atoms with Crippen LogP contribution in [-0.2, 0) is 0 Å². The third kappa shape index (κ3) is 4.10. The maximum Gasteiger partial charge on any atom is 0.280 e. The van der Waals surface area contributed by atoms with Crippen LogP contribution in [0.4, 0.5) is 5.69 Å². The van der Waals surface area contributed by atoms with Crippen LogP contribution >= 0.6 is 0 Å². The summed E-state index contributed by atoms with van der Waals surface area (Å²) >= 11 is 0. The molecule has 23 heavy (non-hydrogen) atoms. The lowest BCUT2D eigenvalue weighted by Gasteiger charge is -1.98. The molecule has 0 saturated carbocycles. The van der Waals surface area contributed by atoms with E-state index in [0.29, 0.717) is 5.56 Å². The fourth-order valence-electron chi connectivity index (χ4n) is 1.67. The second kappa shape index (κ2) is 6.80. The van der Waals surface area contributed by atoms with Crippen LogP contribution in [0.1, 0.15) is 5.76 Å². The summed E-state index contributed by atoms with van der Waals surface area (Å²) in [6, 6.07) is 9.16. The normalized spacial score (nSPS) is 11.6. The van der Waals surface area contributed by atoms with Crippen LogP contribution in [0, 0.1) is 20.2 Å². The topological polar surface area (TPSA) is 162 Å². The van der Waals surface area contributed by atoms with E-state index >= 15 is 0 Å². The molecule has 118 valence electrons. The molecule has 0 spiro atoms. The number of nitrogens with two attached hydrogens (primary N) is 1. The van der Waals surface area contributed by atoms with E-state index in [0.717, 1.165) is 6.21 Å². The van der Waals surface area contributed by atoms with E-state index in [1.807, 2.05) is 0 Å². The Morgan fingerprint density at radius 2 is 1.96 bits per heavy atom. The number of nitro benzene ring substituents is 1. The third-order valence-electron chi connectivity index (χ3n) is 2.55. The summed E-state index contributed by atoms with van der Waals surface area (Å²) in [6.45, 7) is 0. The Labute approximate surface area is 128 Å². The number of nitro groups is 2. The second-order valence-electron chi connectivity index (χ2n) is 4.07. The zero-order chi connectivity index (χ0) is 16.8. The van der Waals surface area contributed by atoms with Crippen molar-refractivity contribution in [3.63, 3.8) is 0 Å². The summed E-state index contributed by atoms with van der Waals surface area (Å²) in [5.41, 5.74) is 7.00. The highest BCUT2D eigenvalue weighted by atomic mass is 16.7. The highest BCUT2D eigenvalue weighted by Gasteiger charge is 2.16. The van der Waals surface area contributed by atoms with Crippen molar-refractivity contribution in [3.8, 4) is 11.3 Å². The van der Waals surface area contributed by atoms with Gasteiger partial charge in [-0.2, -0.15) is 5.10 Å². The molecule has 11 heteroatoms. The van der Waals surface area contributed by atoms with Crippen molar-refractivity contribution >= 4 is 17.9 Å². The number of hydrogen-bond acceptors (Lipinski definition) is 7. The summed E-state index contributed by atoms with van der Waals surface area (Å²) in [5, 5.41) is 27.0. The number of nitrogens with zero attached hydrogens (tertiary/aromatic N) is 4. The molecule has 0 aliphatic rings. The van der Waals surface area contributed by atoms with Gasteiger partial charge in [-0.05, 0) is 18.2 Å². The minimum atomic E-state index is -0.881. The average Bonchev–Trinajstić information content (AvgIpc) is 2.95. The Hall–Kier alpha value is -3.76. The molecule has 1 aromatic heterocycles. The molecule has 2 aromatic rings. The highest BCUT2D eigenvalue weighted by molar-refractivity contribution is 5.81. The maximum atomic E-state index is 11.0. The van der Waals surface area contributed by atoms with Gasteiger partial charge in [0.2, 0.25) is 0 Å². The van der Waals surface area contributed by atoms with Gasteiger partial charge in [-0.25, -0.2) is 10.1 Å². The first-order valence-electron chi connectivity index (χ1n) is 6.08. The molecule has 2 rings (SSSR count). The van der Waals surface area contributed by atoms with Crippen LogP contribution in [0.3, 0.4) is 0 Å². The van der Waals surface area contributed by atoms with Crippen molar-refractivity contribution in [2.45, 2.75) is 0 Å². The zero-order valence-electron chi connectivity index (χ0n) is 11.4. The van der Waals surface area contributed by atoms with Crippen molar-refractivity contribution in [1.82, 2.24) is 5.43 Å². The molecule has 3 N–H and O–H groups in total. The minimum absolute atomic E-state index is 0.0946. The van der Waals surface area contributed by atoms with E-state index in [1.165, 1.54) is 18.2 Å². The lowest BCUT2D eigenvalue weighted by Crippen LogP contribution is -2.35. The zero-order valence-corrected chi connectivity index (χ0v) is 11.4. The fourth-order valence-corrected chi connectivity index (χ4v) is 1.67. The molecule has 1 aromatic carbocycles. The van der Waals surface area contributed by atoms with Crippen LogP contribution in [0.25, 0.3) is 11.3 Å². The number of guanidine groups is 1. The van der Waals surface area contributed by atoms with E-state index < -0.39 is 15.9 Å². The molecule has 11 nitrogen and oxygen atoms in total. The molecule has 0 atom stereocenters. The first kappa shape index (κ1) is 15.6. The lowest BCUT2D eigenvalue weighted by molar-refractivity contribution is -0.525. The molecule has 0 unspecified atom stereocenters. The largest absolute Gasteiger partial charge is 0.455 e. The van der Waals surface area contributed by atoms with Gasteiger partial charge in [0.25, 0.3) is 11.6 Å². The van der Waals surface area contributed by atoms with Crippen molar-refractivity contribution in [1.29, 1.82) is 0 Å². The predicted octanol–water partition coefficient (Wildman–Crippen LogP) is 1.28. The molecule has 0 radical (unpaired) electrons. The van der Waals surface area contributed by atoms with Gasteiger partial charge in [0, 0.05) is 6.07 Å². The highest BCUT2D eigenvalue weighted by Crippen LogP contribution is 2.30.